The van der Waals surface area contributed by atoms with E-state index < -0.39 is 29.4 Å². The van der Waals surface area contributed by atoms with E-state index in [0.717, 1.165) is 0 Å². The van der Waals surface area contributed by atoms with E-state index in [9.17, 15) is 27.6 Å². The number of halogens is 3. The highest BCUT2D eigenvalue weighted by molar-refractivity contribution is 6.13. The SMILES string of the molecule is C=CCOC(=O)CCc1c(C(=O)OC(C)(C)C)[nH]c(/C=C2\NC(=O)C(CC)=C2c2ccc(C3(C(F)(F)F)N=N3)cc2)c1C. The number of allylic oxidation sites excluding steroid dienone is 1. The fourth-order valence-corrected chi connectivity index (χ4v) is 4.83. The van der Waals surface area contributed by atoms with E-state index in [4.69, 9.17) is 9.47 Å². The standard InChI is InChI=1S/C31H33F3N4O5/c1-7-15-42-24(39)14-13-21-17(3)22(35-26(21)28(41)43-29(4,5)6)16-23-25(20(8-2)27(40)36-23)18-9-11-19(12-10-18)30(37-38-30)31(32,33)34/h7,9-12,16,35H,1,8,13-15H2,2-6H3,(H,36,40)/b23-16-. The summed E-state index contributed by atoms with van der Waals surface area (Å²) >= 11 is 0. The summed E-state index contributed by atoms with van der Waals surface area (Å²) < 4.78 is 51.2. The van der Waals surface area contributed by atoms with E-state index in [2.05, 4.69) is 27.1 Å². The summed E-state index contributed by atoms with van der Waals surface area (Å²) in [5.41, 5.74) is 0.306. The van der Waals surface area contributed by atoms with Crippen molar-refractivity contribution < 1.29 is 37.0 Å². The van der Waals surface area contributed by atoms with E-state index >= 15 is 0 Å². The molecular weight excluding hydrogens is 565 g/mol. The van der Waals surface area contributed by atoms with Gasteiger partial charge in [-0.15, -0.1) is 10.2 Å². The number of nitrogens with one attached hydrogen (secondary N) is 2. The Morgan fingerprint density at radius 2 is 1.77 bits per heavy atom. The summed E-state index contributed by atoms with van der Waals surface area (Å²) in [6, 6.07) is 5.60. The highest BCUT2D eigenvalue weighted by atomic mass is 19.4. The van der Waals surface area contributed by atoms with Crippen LogP contribution in [0.25, 0.3) is 11.6 Å². The third-order valence-corrected chi connectivity index (χ3v) is 6.97. The number of alkyl halides is 3. The van der Waals surface area contributed by atoms with Gasteiger partial charge in [-0.2, -0.15) is 13.2 Å². The lowest BCUT2D eigenvalue weighted by Gasteiger charge is -2.19. The van der Waals surface area contributed by atoms with Gasteiger partial charge in [-0.3, -0.25) is 9.59 Å². The molecule has 2 aliphatic rings. The fourth-order valence-electron chi connectivity index (χ4n) is 4.83. The van der Waals surface area contributed by atoms with E-state index in [1.54, 1.807) is 40.7 Å². The van der Waals surface area contributed by atoms with Crippen LogP contribution in [0.1, 0.15) is 79.0 Å². The van der Waals surface area contributed by atoms with Crippen LogP contribution in [0.4, 0.5) is 13.2 Å². The average molecular weight is 599 g/mol. The van der Waals surface area contributed by atoms with Crippen LogP contribution in [0.5, 0.6) is 0 Å². The second-order valence-corrected chi connectivity index (χ2v) is 11.2. The summed E-state index contributed by atoms with van der Waals surface area (Å²) in [6.07, 6.45) is -0.985. The van der Waals surface area contributed by atoms with Crippen LogP contribution in [0.3, 0.4) is 0 Å². The predicted octanol–water partition coefficient (Wildman–Crippen LogP) is 6.46. The van der Waals surface area contributed by atoms with Gasteiger partial charge in [-0.1, -0.05) is 43.8 Å². The monoisotopic (exact) mass is 598 g/mol. The lowest BCUT2D eigenvalue weighted by molar-refractivity contribution is -0.166. The minimum atomic E-state index is -4.66. The molecule has 0 spiro atoms. The highest BCUT2D eigenvalue weighted by Crippen LogP contribution is 2.52. The number of H-pyrrole nitrogens is 1. The van der Waals surface area contributed by atoms with Gasteiger partial charge in [0, 0.05) is 28.8 Å². The second-order valence-electron chi connectivity index (χ2n) is 11.2. The van der Waals surface area contributed by atoms with E-state index in [-0.39, 0.29) is 36.6 Å². The Bertz CT molecular complexity index is 1550. The summed E-state index contributed by atoms with van der Waals surface area (Å²) in [5.74, 6) is -1.41. The van der Waals surface area contributed by atoms with Gasteiger partial charge >= 0.3 is 23.8 Å². The minimum Gasteiger partial charge on any atom is -0.461 e. The zero-order chi connectivity index (χ0) is 31.7. The Hall–Kier alpha value is -4.48. The van der Waals surface area contributed by atoms with Crippen molar-refractivity contribution in [2.24, 2.45) is 10.2 Å². The predicted molar refractivity (Wildman–Crippen MR) is 153 cm³/mol. The average Bonchev–Trinajstić information content (AvgIpc) is 3.61. The number of carbonyl (C=O) groups is 3. The second kappa shape index (κ2) is 11.7. The van der Waals surface area contributed by atoms with Gasteiger partial charge in [0.15, 0.2) is 0 Å². The first-order valence-corrected chi connectivity index (χ1v) is 13.7. The molecule has 2 N–H and O–H groups in total. The Kier molecular flexibility index (Phi) is 8.53. The van der Waals surface area contributed by atoms with Gasteiger partial charge < -0.3 is 19.8 Å². The Labute approximate surface area is 246 Å². The van der Waals surface area contributed by atoms with Gasteiger partial charge in [-0.25, -0.2) is 4.79 Å². The molecule has 4 rings (SSSR count). The molecule has 2 aromatic rings. The Balaban J connectivity index is 1.73. The van der Waals surface area contributed by atoms with Gasteiger partial charge in [0.05, 0.1) is 5.70 Å². The topological polar surface area (TPSA) is 122 Å². The third-order valence-electron chi connectivity index (χ3n) is 6.97. The summed E-state index contributed by atoms with van der Waals surface area (Å²) in [4.78, 5) is 41.4. The number of nitrogens with zero attached hydrogens (tertiary/aromatic N) is 2. The molecule has 9 nitrogen and oxygen atoms in total. The molecule has 0 saturated carbocycles. The maximum Gasteiger partial charge on any atom is 0.442 e. The van der Waals surface area contributed by atoms with Crippen molar-refractivity contribution >= 4 is 29.5 Å². The molecule has 0 fully saturated rings. The molecular formula is C31H33F3N4O5. The molecule has 1 amide bonds. The number of ether oxygens (including phenoxy) is 2. The number of aromatic nitrogens is 1. The number of rotatable bonds is 10. The van der Waals surface area contributed by atoms with Crippen molar-refractivity contribution in [1.29, 1.82) is 0 Å². The van der Waals surface area contributed by atoms with Crippen molar-refractivity contribution in [3.05, 3.63) is 81.8 Å². The molecule has 0 bridgehead atoms. The number of hydrogen-bond acceptors (Lipinski definition) is 7. The van der Waals surface area contributed by atoms with Crippen molar-refractivity contribution in [2.45, 2.75) is 71.3 Å². The molecule has 0 aliphatic carbocycles. The molecule has 0 saturated heterocycles. The normalized spacial score (nSPS) is 16.8. The van der Waals surface area contributed by atoms with E-state index in [1.165, 1.54) is 30.3 Å². The number of hydrogen-bond donors (Lipinski definition) is 2. The number of esters is 2. The zero-order valence-electron chi connectivity index (χ0n) is 24.6. The molecule has 0 radical (unpaired) electrons. The van der Waals surface area contributed by atoms with Crippen LogP contribution in [-0.4, -0.2) is 41.2 Å². The fraction of sp³-hybridized carbons (Fsp3) is 0.387. The zero-order valence-corrected chi connectivity index (χ0v) is 24.6. The number of amides is 1. The lowest BCUT2D eigenvalue weighted by atomic mass is 9.94. The van der Waals surface area contributed by atoms with Gasteiger partial charge in [-0.05, 0) is 63.3 Å². The van der Waals surface area contributed by atoms with Crippen LogP contribution >= 0.6 is 0 Å². The first kappa shape index (κ1) is 31.5. The van der Waals surface area contributed by atoms with Gasteiger partial charge in [0.25, 0.3) is 5.91 Å². The largest absolute Gasteiger partial charge is 0.461 e. The van der Waals surface area contributed by atoms with Crippen LogP contribution in [0.2, 0.25) is 0 Å². The van der Waals surface area contributed by atoms with Gasteiger partial charge in [0.1, 0.15) is 17.9 Å². The Morgan fingerprint density at radius 1 is 1.12 bits per heavy atom. The van der Waals surface area contributed by atoms with Crippen LogP contribution in [-0.2, 0) is 31.1 Å². The molecule has 2 aliphatic heterocycles. The molecule has 0 atom stereocenters. The van der Waals surface area contributed by atoms with Crippen molar-refractivity contribution in [3.63, 3.8) is 0 Å². The number of aromatic amines is 1. The Morgan fingerprint density at radius 3 is 2.30 bits per heavy atom. The molecule has 1 aromatic heterocycles. The molecule has 3 heterocycles. The van der Waals surface area contributed by atoms with Gasteiger partial charge in [0.2, 0.25) is 0 Å². The van der Waals surface area contributed by atoms with Crippen molar-refractivity contribution in [1.82, 2.24) is 10.3 Å². The molecule has 12 heteroatoms. The van der Waals surface area contributed by atoms with Crippen LogP contribution in [0, 0.1) is 6.92 Å². The van der Waals surface area contributed by atoms with Crippen LogP contribution in [0.15, 0.2) is 58.4 Å². The maximum absolute atomic E-state index is 13.5. The first-order valence-electron chi connectivity index (χ1n) is 13.7. The first-order chi connectivity index (χ1) is 20.1. The smallest absolute Gasteiger partial charge is 0.442 e. The molecule has 43 heavy (non-hydrogen) atoms. The highest BCUT2D eigenvalue weighted by Gasteiger charge is 2.65. The van der Waals surface area contributed by atoms with Crippen LogP contribution < -0.4 is 5.32 Å². The number of carbonyl (C=O) groups excluding carboxylic acids is 3. The summed E-state index contributed by atoms with van der Waals surface area (Å²) in [5, 5.41) is 9.34. The lowest BCUT2D eigenvalue weighted by Crippen LogP contribution is -2.30. The quantitative estimate of drug-likeness (QED) is 0.240. The van der Waals surface area contributed by atoms with Crippen molar-refractivity contribution in [2.75, 3.05) is 6.61 Å². The molecule has 1 aromatic carbocycles. The minimum absolute atomic E-state index is 0.00452. The molecule has 0 unspecified atom stereocenters. The third kappa shape index (κ3) is 6.47. The summed E-state index contributed by atoms with van der Waals surface area (Å²) in [7, 11) is 0. The van der Waals surface area contributed by atoms with E-state index in [1.807, 2.05) is 0 Å². The number of benzene rings is 1. The van der Waals surface area contributed by atoms with E-state index in [0.29, 0.717) is 45.6 Å². The molecule has 228 valence electrons. The maximum atomic E-state index is 13.5. The van der Waals surface area contributed by atoms with Crippen molar-refractivity contribution in [3.8, 4) is 0 Å². The summed E-state index contributed by atoms with van der Waals surface area (Å²) in [6.45, 7) is 12.4.